The Morgan fingerprint density at radius 1 is 1.45 bits per heavy atom. The SMILES string of the molecule is CCCCS(=O)(=O)N1CC[C@@H](Oc2ccc(C)nc2)C1. The lowest BCUT2D eigenvalue weighted by molar-refractivity contribution is 0.214. The minimum absolute atomic E-state index is 0.0732. The highest BCUT2D eigenvalue weighted by molar-refractivity contribution is 7.89. The Kier molecular flexibility index (Phi) is 4.99. The molecule has 0 amide bonds. The monoisotopic (exact) mass is 298 g/mol. The van der Waals surface area contributed by atoms with Crippen LogP contribution in [0.2, 0.25) is 0 Å². The van der Waals surface area contributed by atoms with E-state index in [2.05, 4.69) is 4.98 Å². The van der Waals surface area contributed by atoms with E-state index in [4.69, 9.17) is 4.74 Å². The van der Waals surface area contributed by atoms with E-state index in [0.29, 0.717) is 25.3 Å². The van der Waals surface area contributed by atoms with Gasteiger partial charge in [-0.3, -0.25) is 4.98 Å². The third kappa shape index (κ3) is 3.93. The lowest BCUT2D eigenvalue weighted by Gasteiger charge is -2.17. The van der Waals surface area contributed by atoms with Gasteiger partial charge in [0.25, 0.3) is 0 Å². The van der Waals surface area contributed by atoms with Gasteiger partial charge in [0, 0.05) is 12.2 Å². The molecule has 0 spiro atoms. The fraction of sp³-hybridized carbons (Fsp3) is 0.643. The summed E-state index contributed by atoms with van der Waals surface area (Å²) >= 11 is 0. The number of rotatable bonds is 6. The van der Waals surface area contributed by atoms with E-state index in [1.54, 1.807) is 10.5 Å². The van der Waals surface area contributed by atoms with E-state index in [0.717, 1.165) is 18.5 Å². The van der Waals surface area contributed by atoms with Crippen LogP contribution >= 0.6 is 0 Å². The number of pyridine rings is 1. The molecule has 0 radical (unpaired) electrons. The Labute approximate surface area is 121 Å². The van der Waals surface area contributed by atoms with Crippen molar-refractivity contribution < 1.29 is 13.2 Å². The summed E-state index contributed by atoms with van der Waals surface area (Å²) < 4.78 is 31.5. The van der Waals surface area contributed by atoms with Crippen LogP contribution in [-0.2, 0) is 10.0 Å². The maximum Gasteiger partial charge on any atom is 0.214 e. The zero-order valence-electron chi connectivity index (χ0n) is 12.1. The summed E-state index contributed by atoms with van der Waals surface area (Å²) in [5.41, 5.74) is 0.938. The van der Waals surface area contributed by atoms with Gasteiger partial charge in [-0.1, -0.05) is 13.3 Å². The van der Waals surface area contributed by atoms with Crippen LogP contribution in [0.3, 0.4) is 0 Å². The van der Waals surface area contributed by atoms with E-state index in [1.807, 2.05) is 26.0 Å². The van der Waals surface area contributed by atoms with Crippen LogP contribution in [0.5, 0.6) is 5.75 Å². The fourth-order valence-corrected chi connectivity index (χ4v) is 3.91. The number of aryl methyl sites for hydroxylation is 1. The lowest BCUT2D eigenvalue weighted by Crippen LogP contribution is -2.32. The van der Waals surface area contributed by atoms with Crippen molar-refractivity contribution in [2.45, 2.75) is 39.2 Å². The smallest absolute Gasteiger partial charge is 0.214 e. The molecule has 0 unspecified atom stereocenters. The lowest BCUT2D eigenvalue weighted by atomic mass is 10.3. The van der Waals surface area contributed by atoms with Crippen molar-refractivity contribution in [2.75, 3.05) is 18.8 Å². The van der Waals surface area contributed by atoms with Crippen LogP contribution in [0.25, 0.3) is 0 Å². The predicted octanol–water partition coefficient (Wildman–Crippen LogP) is 1.97. The van der Waals surface area contributed by atoms with Gasteiger partial charge in [0.05, 0.1) is 18.5 Å². The highest BCUT2D eigenvalue weighted by Gasteiger charge is 2.31. The molecular weight excluding hydrogens is 276 g/mol. The fourth-order valence-electron chi connectivity index (χ4n) is 2.22. The molecule has 0 aliphatic carbocycles. The molecule has 1 atom stereocenters. The van der Waals surface area contributed by atoms with E-state index >= 15 is 0 Å². The zero-order chi connectivity index (χ0) is 14.6. The number of aromatic nitrogens is 1. The third-order valence-electron chi connectivity index (χ3n) is 3.44. The second-order valence-electron chi connectivity index (χ2n) is 5.19. The number of hydrogen-bond donors (Lipinski definition) is 0. The van der Waals surface area contributed by atoms with Crippen molar-refractivity contribution in [1.82, 2.24) is 9.29 Å². The van der Waals surface area contributed by atoms with Gasteiger partial charge >= 0.3 is 0 Å². The van der Waals surface area contributed by atoms with Crippen LogP contribution < -0.4 is 4.74 Å². The second-order valence-corrected chi connectivity index (χ2v) is 7.28. The molecule has 1 aromatic heterocycles. The first kappa shape index (κ1) is 15.3. The molecule has 112 valence electrons. The van der Waals surface area contributed by atoms with Crippen molar-refractivity contribution in [3.8, 4) is 5.75 Å². The second kappa shape index (κ2) is 6.54. The summed E-state index contributed by atoms with van der Waals surface area (Å²) in [6.07, 6.45) is 3.95. The van der Waals surface area contributed by atoms with Crippen molar-refractivity contribution in [1.29, 1.82) is 0 Å². The van der Waals surface area contributed by atoms with E-state index in [9.17, 15) is 8.42 Å². The Morgan fingerprint density at radius 2 is 2.25 bits per heavy atom. The molecule has 1 aliphatic heterocycles. The van der Waals surface area contributed by atoms with Crippen molar-refractivity contribution in [3.05, 3.63) is 24.0 Å². The van der Waals surface area contributed by atoms with Crippen molar-refractivity contribution in [3.63, 3.8) is 0 Å². The molecule has 1 saturated heterocycles. The molecule has 1 fully saturated rings. The number of ether oxygens (including phenoxy) is 1. The Bertz CT molecular complexity index is 528. The zero-order valence-corrected chi connectivity index (χ0v) is 12.9. The Balaban J connectivity index is 1.90. The van der Waals surface area contributed by atoms with Gasteiger partial charge in [-0.2, -0.15) is 4.31 Å². The standard InChI is InChI=1S/C14H22N2O3S/c1-3-4-9-20(17,18)16-8-7-14(11-16)19-13-6-5-12(2)15-10-13/h5-6,10,14H,3-4,7-9,11H2,1-2H3/t14-/m1/s1. The largest absolute Gasteiger partial charge is 0.487 e. The highest BCUT2D eigenvalue weighted by atomic mass is 32.2. The van der Waals surface area contributed by atoms with Gasteiger partial charge in [0.15, 0.2) is 0 Å². The van der Waals surface area contributed by atoms with Crippen LogP contribution in [0, 0.1) is 6.92 Å². The average Bonchev–Trinajstić information content (AvgIpc) is 2.88. The van der Waals surface area contributed by atoms with Gasteiger partial charge in [-0.05, 0) is 31.9 Å². The molecule has 0 aromatic carbocycles. The summed E-state index contributed by atoms with van der Waals surface area (Å²) in [6.45, 7) is 4.91. The Hall–Kier alpha value is -1.14. The first-order valence-electron chi connectivity index (χ1n) is 7.08. The molecule has 0 N–H and O–H groups in total. The number of nitrogens with zero attached hydrogens (tertiary/aromatic N) is 2. The first-order chi connectivity index (χ1) is 9.51. The van der Waals surface area contributed by atoms with Crippen LogP contribution in [-0.4, -0.2) is 42.7 Å². The summed E-state index contributed by atoms with van der Waals surface area (Å²) in [7, 11) is -3.12. The van der Waals surface area contributed by atoms with Crippen molar-refractivity contribution in [2.24, 2.45) is 0 Å². The van der Waals surface area contributed by atoms with Crippen LogP contribution in [0.1, 0.15) is 31.9 Å². The van der Waals surface area contributed by atoms with Gasteiger partial charge in [-0.25, -0.2) is 8.42 Å². The van der Waals surface area contributed by atoms with Gasteiger partial charge in [-0.15, -0.1) is 0 Å². The maximum atomic E-state index is 12.1. The normalized spacial score (nSPS) is 20.2. The first-order valence-corrected chi connectivity index (χ1v) is 8.69. The van der Waals surface area contributed by atoms with E-state index in [-0.39, 0.29) is 11.9 Å². The molecule has 0 bridgehead atoms. The molecule has 2 heterocycles. The number of hydrogen-bond acceptors (Lipinski definition) is 4. The molecule has 5 nitrogen and oxygen atoms in total. The van der Waals surface area contributed by atoms with Crippen molar-refractivity contribution >= 4 is 10.0 Å². The molecule has 1 aromatic rings. The molecule has 1 aliphatic rings. The Morgan fingerprint density at radius 3 is 2.90 bits per heavy atom. The number of unbranched alkanes of at least 4 members (excludes halogenated alkanes) is 1. The minimum Gasteiger partial charge on any atom is -0.487 e. The molecule has 6 heteroatoms. The van der Waals surface area contributed by atoms with Crippen LogP contribution in [0.4, 0.5) is 0 Å². The molecular formula is C14H22N2O3S. The number of sulfonamides is 1. The summed E-state index contributed by atoms with van der Waals surface area (Å²) in [5, 5.41) is 0. The average molecular weight is 298 g/mol. The van der Waals surface area contributed by atoms with E-state index < -0.39 is 10.0 Å². The summed E-state index contributed by atoms with van der Waals surface area (Å²) in [6, 6.07) is 3.76. The molecule has 2 rings (SSSR count). The van der Waals surface area contributed by atoms with Gasteiger partial charge in [0.1, 0.15) is 11.9 Å². The van der Waals surface area contributed by atoms with Gasteiger partial charge in [0.2, 0.25) is 10.0 Å². The third-order valence-corrected chi connectivity index (χ3v) is 5.37. The predicted molar refractivity (Wildman–Crippen MR) is 78.3 cm³/mol. The topological polar surface area (TPSA) is 59.5 Å². The quantitative estimate of drug-likeness (QED) is 0.805. The van der Waals surface area contributed by atoms with Gasteiger partial charge < -0.3 is 4.74 Å². The van der Waals surface area contributed by atoms with E-state index in [1.165, 1.54) is 0 Å². The summed E-state index contributed by atoms with van der Waals surface area (Å²) in [5.74, 6) is 0.941. The minimum atomic E-state index is -3.12. The maximum absolute atomic E-state index is 12.1. The highest BCUT2D eigenvalue weighted by Crippen LogP contribution is 2.20. The molecule has 20 heavy (non-hydrogen) atoms. The van der Waals surface area contributed by atoms with Crippen LogP contribution in [0.15, 0.2) is 18.3 Å². The molecule has 0 saturated carbocycles. The summed E-state index contributed by atoms with van der Waals surface area (Å²) in [4.78, 5) is 4.17.